The molecule has 1 aliphatic carbocycles. The highest BCUT2D eigenvalue weighted by Gasteiger charge is 2.82. The molecule has 5 heterocycles. The molecule has 0 amide bonds. The van der Waals surface area contributed by atoms with E-state index in [0.29, 0.717) is 29.8 Å². The van der Waals surface area contributed by atoms with E-state index >= 15 is 0 Å². The first kappa shape index (κ1) is 18.2. The van der Waals surface area contributed by atoms with Crippen LogP contribution in [-0.4, -0.2) is 58.7 Å². The molecular formula is C23H32BrN2O2+. The van der Waals surface area contributed by atoms with Crippen molar-refractivity contribution in [2.24, 2.45) is 17.8 Å². The number of aliphatic hydroxyl groups is 2. The van der Waals surface area contributed by atoms with E-state index in [9.17, 15) is 10.2 Å². The lowest BCUT2D eigenvalue weighted by Gasteiger charge is -2.68. The van der Waals surface area contributed by atoms with Gasteiger partial charge in [-0.3, -0.25) is 4.48 Å². The Labute approximate surface area is 176 Å². The molecule has 4 nitrogen and oxygen atoms in total. The van der Waals surface area contributed by atoms with Crippen LogP contribution in [0.25, 0.3) is 0 Å². The number of anilines is 1. The zero-order chi connectivity index (χ0) is 19.6. The average molecular weight is 448 g/mol. The molecular weight excluding hydrogens is 416 g/mol. The SMILES string of the molecule is CCC[N+]12[C@H](O)[C@@H](CC)C3C[C@H]1[C@@H]1N(C)c4ccc(Br)cc4C14C[C@H]2C3C4O. The van der Waals surface area contributed by atoms with Crippen molar-refractivity contribution in [1.29, 1.82) is 0 Å². The van der Waals surface area contributed by atoms with Crippen LogP contribution in [0.4, 0.5) is 5.69 Å². The quantitative estimate of drug-likeness (QED) is 0.698. The van der Waals surface area contributed by atoms with Crippen molar-refractivity contribution in [2.45, 2.75) is 75.4 Å². The van der Waals surface area contributed by atoms with Crippen LogP contribution in [-0.2, 0) is 5.41 Å². The molecule has 5 unspecified atom stereocenters. The van der Waals surface area contributed by atoms with Gasteiger partial charge in [0.25, 0.3) is 0 Å². The Kier molecular flexibility index (Phi) is 3.60. The third-order valence-electron chi connectivity index (χ3n) is 9.78. The molecule has 1 aromatic carbocycles. The zero-order valence-corrected chi connectivity index (χ0v) is 18.6. The Morgan fingerprint density at radius 2 is 2.04 bits per heavy atom. The van der Waals surface area contributed by atoms with E-state index < -0.39 is 0 Å². The van der Waals surface area contributed by atoms with Gasteiger partial charge in [0.2, 0.25) is 0 Å². The minimum absolute atomic E-state index is 0.166. The minimum atomic E-state index is -0.297. The van der Waals surface area contributed by atoms with Crippen LogP contribution >= 0.6 is 15.9 Å². The van der Waals surface area contributed by atoms with Gasteiger partial charge >= 0.3 is 0 Å². The van der Waals surface area contributed by atoms with Gasteiger partial charge in [0, 0.05) is 41.9 Å². The molecule has 5 fully saturated rings. The largest absolute Gasteiger partial charge is 0.392 e. The van der Waals surface area contributed by atoms with Crippen molar-refractivity contribution in [3.8, 4) is 0 Å². The topological polar surface area (TPSA) is 43.7 Å². The van der Waals surface area contributed by atoms with Crippen molar-refractivity contribution in [3.63, 3.8) is 0 Å². The first-order valence-corrected chi connectivity index (χ1v) is 12.0. The fourth-order valence-electron chi connectivity index (χ4n) is 9.24. The molecule has 152 valence electrons. The number of nitrogens with zero attached hydrogens (tertiary/aromatic N) is 2. The normalized spacial score (nSPS) is 52.3. The Bertz CT molecular complexity index is 848. The number of piperidine rings is 4. The molecule has 5 aliphatic heterocycles. The Balaban J connectivity index is 1.62. The number of quaternary nitrogens is 1. The monoisotopic (exact) mass is 447 g/mol. The molecule has 5 bridgehead atoms. The van der Waals surface area contributed by atoms with Crippen LogP contribution in [0.1, 0.15) is 45.1 Å². The lowest BCUT2D eigenvalue weighted by molar-refractivity contribution is -1.04. The first-order chi connectivity index (χ1) is 13.4. The van der Waals surface area contributed by atoms with Crippen LogP contribution in [0.5, 0.6) is 0 Å². The summed E-state index contributed by atoms with van der Waals surface area (Å²) in [5.74, 6) is 1.13. The van der Waals surface area contributed by atoms with E-state index in [2.05, 4.69) is 59.9 Å². The van der Waals surface area contributed by atoms with Gasteiger partial charge in [-0.2, -0.15) is 0 Å². The minimum Gasteiger partial charge on any atom is -0.392 e. The molecule has 0 radical (unpaired) electrons. The van der Waals surface area contributed by atoms with Crippen molar-refractivity contribution in [3.05, 3.63) is 28.2 Å². The molecule has 1 spiro atoms. The predicted molar refractivity (Wildman–Crippen MR) is 113 cm³/mol. The molecule has 7 rings (SSSR count). The zero-order valence-electron chi connectivity index (χ0n) is 17.1. The second-order valence-corrected chi connectivity index (χ2v) is 11.1. The van der Waals surface area contributed by atoms with Crippen LogP contribution in [0, 0.1) is 17.8 Å². The molecule has 28 heavy (non-hydrogen) atoms. The smallest absolute Gasteiger partial charge is 0.194 e. The highest BCUT2D eigenvalue weighted by molar-refractivity contribution is 9.10. The fourth-order valence-corrected chi connectivity index (χ4v) is 9.60. The average Bonchev–Trinajstić information content (AvgIpc) is 3.05. The van der Waals surface area contributed by atoms with Crippen molar-refractivity contribution in [1.82, 2.24) is 0 Å². The van der Waals surface area contributed by atoms with E-state index in [1.54, 1.807) is 0 Å². The van der Waals surface area contributed by atoms with Gasteiger partial charge in [0.05, 0.1) is 30.1 Å². The summed E-state index contributed by atoms with van der Waals surface area (Å²) in [4.78, 5) is 2.47. The summed E-state index contributed by atoms with van der Waals surface area (Å²) in [7, 11) is 2.23. The summed E-state index contributed by atoms with van der Waals surface area (Å²) in [6.45, 7) is 5.54. The van der Waals surface area contributed by atoms with Gasteiger partial charge in [-0.05, 0) is 42.5 Å². The molecule has 2 N–H and O–H groups in total. The molecule has 4 saturated heterocycles. The van der Waals surface area contributed by atoms with Crippen molar-refractivity contribution in [2.75, 3.05) is 18.5 Å². The molecule has 10 atom stereocenters. The molecule has 6 aliphatic rings. The standard InChI is InChI=1S/C23H32BrN2O2/c1-4-8-26-17-10-14(13(5-2)22(26)28)19-18(26)11-23(21(19)27)15-9-12(24)6-7-16(15)25(3)20(17)23/h6-7,9,13-14,17-22,27-28H,4-5,8,10-11H2,1-3H3/q+1/t13-,14?,17-,18-,19?,20-,21?,22+,23?,26?/m0/s1. The van der Waals surface area contributed by atoms with E-state index in [4.69, 9.17) is 0 Å². The van der Waals surface area contributed by atoms with Crippen LogP contribution in [0.3, 0.4) is 0 Å². The summed E-state index contributed by atoms with van der Waals surface area (Å²) < 4.78 is 1.97. The lowest BCUT2D eigenvalue weighted by Crippen LogP contribution is -2.83. The lowest BCUT2D eigenvalue weighted by atomic mass is 9.60. The summed E-state index contributed by atoms with van der Waals surface area (Å²) in [5.41, 5.74) is 2.47. The number of fused-ring (bicyclic) bond motifs is 2. The number of halogens is 1. The summed E-state index contributed by atoms with van der Waals surface area (Å²) in [5, 5.41) is 23.7. The highest BCUT2D eigenvalue weighted by atomic mass is 79.9. The molecule has 5 heteroatoms. The van der Waals surface area contributed by atoms with E-state index in [1.165, 1.54) is 17.7 Å². The van der Waals surface area contributed by atoms with Gasteiger partial charge in [-0.1, -0.05) is 29.8 Å². The van der Waals surface area contributed by atoms with Crippen molar-refractivity contribution >= 4 is 21.6 Å². The third-order valence-corrected chi connectivity index (χ3v) is 10.3. The van der Waals surface area contributed by atoms with Gasteiger partial charge < -0.3 is 15.1 Å². The molecule has 1 saturated carbocycles. The van der Waals surface area contributed by atoms with Crippen LogP contribution < -0.4 is 4.90 Å². The Morgan fingerprint density at radius 1 is 1.25 bits per heavy atom. The summed E-state index contributed by atoms with van der Waals surface area (Å²) in [6, 6.07) is 7.75. The fraction of sp³-hybridized carbons (Fsp3) is 0.739. The van der Waals surface area contributed by atoms with E-state index in [-0.39, 0.29) is 23.8 Å². The van der Waals surface area contributed by atoms with Gasteiger partial charge in [-0.25, -0.2) is 0 Å². The number of hydrogen-bond donors (Lipinski definition) is 2. The number of likely N-dealkylation sites (N-methyl/N-ethyl adjacent to an activating group) is 1. The first-order valence-electron chi connectivity index (χ1n) is 11.2. The van der Waals surface area contributed by atoms with Crippen molar-refractivity contribution < 1.29 is 14.7 Å². The Hall–Kier alpha value is -0.620. The second-order valence-electron chi connectivity index (χ2n) is 10.2. The van der Waals surface area contributed by atoms with Crippen LogP contribution in [0.15, 0.2) is 22.7 Å². The maximum atomic E-state index is 12.0. The number of aliphatic hydroxyl groups excluding tert-OH is 2. The number of benzene rings is 1. The van der Waals surface area contributed by atoms with Crippen LogP contribution in [0.2, 0.25) is 0 Å². The molecule has 1 aromatic rings. The third kappa shape index (κ3) is 1.66. The second kappa shape index (κ2) is 5.54. The van der Waals surface area contributed by atoms with E-state index in [0.717, 1.165) is 34.8 Å². The number of hydrogen-bond acceptors (Lipinski definition) is 3. The van der Waals surface area contributed by atoms with Gasteiger partial charge in [0.15, 0.2) is 6.23 Å². The number of rotatable bonds is 3. The maximum absolute atomic E-state index is 12.0. The predicted octanol–water partition coefficient (Wildman–Crippen LogP) is 3.24. The summed E-state index contributed by atoms with van der Waals surface area (Å²) in [6.07, 6.45) is 3.75. The maximum Gasteiger partial charge on any atom is 0.194 e. The highest BCUT2D eigenvalue weighted by Crippen LogP contribution is 2.71. The Morgan fingerprint density at radius 3 is 2.75 bits per heavy atom. The van der Waals surface area contributed by atoms with Gasteiger partial charge in [-0.15, -0.1) is 0 Å². The van der Waals surface area contributed by atoms with Gasteiger partial charge in [0.1, 0.15) is 6.04 Å². The van der Waals surface area contributed by atoms with E-state index in [1.807, 2.05) is 0 Å². The molecule has 0 aromatic heterocycles. The summed E-state index contributed by atoms with van der Waals surface area (Å²) >= 11 is 3.69.